The van der Waals surface area contributed by atoms with Gasteiger partial charge in [-0.2, -0.15) is 0 Å². The Labute approximate surface area is 97.5 Å². The predicted molar refractivity (Wildman–Crippen MR) is 62.4 cm³/mol. The number of aliphatic carboxylic acids is 1. The van der Waals surface area contributed by atoms with Crippen molar-refractivity contribution in [3.05, 3.63) is 46.0 Å². The van der Waals surface area contributed by atoms with Gasteiger partial charge in [0.05, 0.1) is 4.92 Å². The number of rotatable bonds is 5. The normalized spacial score (nSPS) is 12.5. The van der Waals surface area contributed by atoms with Crippen molar-refractivity contribution in [3.8, 4) is 0 Å². The number of hydrogen-bond donors (Lipinski definition) is 2. The molecule has 1 aromatic carbocycles. The minimum Gasteiger partial charge on any atom is -0.480 e. The van der Waals surface area contributed by atoms with Crippen LogP contribution in [0.2, 0.25) is 0 Å². The highest BCUT2D eigenvalue weighted by Gasteiger charge is 2.08. The summed E-state index contributed by atoms with van der Waals surface area (Å²) in [6.45, 7) is 0. The van der Waals surface area contributed by atoms with E-state index in [4.69, 9.17) is 10.8 Å². The number of carbonyl (C=O) groups is 1. The highest BCUT2D eigenvalue weighted by Crippen LogP contribution is 2.13. The fourth-order valence-electron chi connectivity index (χ4n) is 1.16. The topological polar surface area (TPSA) is 106 Å². The van der Waals surface area contributed by atoms with E-state index >= 15 is 0 Å². The van der Waals surface area contributed by atoms with E-state index in [2.05, 4.69) is 0 Å². The van der Waals surface area contributed by atoms with Gasteiger partial charge in [0.2, 0.25) is 0 Å². The Bertz CT molecular complexity index is 439. The van der Waals surface area contributed by atoms with Gasteiger partial charge < -0.3 is 10.8 Å². The van der Waals surface area contributed by atoms with Crippen molar-refractivity contribution < 1.29 is 14.8 Å². The zero-order valence-electron chi connectivity index (χ0n) is 8.95. The maximum absolute atomic E-state index is 10.4. The van der Waals surface area contributed by atoms with E-state index < -0.39 is 16.9 Å². The molecular weight excluding hydrogens is 224 g/mol. The number of benzene rings is 1. The molecule has 0 fully saturated rings. The minimum absolute atomic E-state index is 0.0180. The molecule has 17 heavy (non-hydrogen) atoms. The second-order valence-electron chi connectivity index (χ2n) is 3.43. The Morgan fingerprint density at radius 2 is 2.06 bits per heavy atom. The zero-order chi connectivity index (χ0) is 12.8. The Kier molecular flexibility index (Phi) is 4.36. The molecule has 3 N–H and O–H groups in total. The predicted octanol–water partition coefficient (Wildman–Crippen LogP) is 1.41. The van der Waals surface area contributed by atoms with Crippen molar-refractivity contribution in [2.75, 3.05) is 0 Å². The number of carboxylic acid groups (broad SMARTS) is 1. The summed E-state index contributed by atoms with van der Waals surface area (Å²) >= 11 is 0. The largest absolute Gasteiger partial charge is 0.480 e. The summed E-state index contributed by atoms with van der Waals surface area (Å²) in [7, 11) is 0. The molecule has 0 aliphatic heterocycles. The standard InChI is InChI=1S/C11H12N2O4/c12-10(11(14)15)3-1-2-8-4-6-9(7-5-8)13(16)17/h1-2,4-7,10H,3,12H2,(H,14,15)/b2-1+/t10-/m0/s1. The molecule has 0 saturated carbocycles. The van der Waals surface area contributed by atoms with Gasteiger partial charge in [0, 0.05) is 12.1 Å². The summed E-state index contributed by atoms with van der Waals surface area (Å²) in [5.74, 6) is -1.06. The van der Waals surface area contributed by atoms with Crippen molar-refractivity contribution in [2.45, 2.75) is 12.5 Å². The van der Waals surface area contributed by atoms with Crippen LogP contribution < -0.4 is 5.73 Å². The zero-order valence-corrected chi connectivity index (χ0v) is 8.95. The van der Waals surface area contributed by atoms with Crippen molar-refractivity contribution in [1.82, 2.24) is 0 Å². The molecule has 0 bridgehead atoms. The molecular formula is C11H12N2O4. The van der Waals surface area contributed by atoms with Gasteiger partial charge in [-0.15, -0.1) is 0 Å². The molecule has 6 heteroatoms. The molecule has 1 rings (SSSR count). The molecule has 0 heterocycles. The smallest absolute Gasteiger partial charge is 0.320 e. The fourth-order valence-corrected chi connectivity index (χ4v) is 1.16. The number of carboxylic acids is 1. The van der Waals surface area contributed by atoms with E-state index in [0.717, 1.165) is 5.56 Å². The van der Waals surface area contributed by atoms with Crippen molar-refractivity contribution in [3.63, 3.8) is 0 Å². The number of nitrogens with zero attached hydrogens (tertiary/aromatic N) is 1. The first kappa shape index (κ1) is 12.9. The third-order valence-corrected chi connectivity index (χ3v) is 2.12. The van der Waals surface area contributed by atoms with Crippen LogP contribution in [-0.4, -0.2) is 22.0 Å². The Balaban J connectivity index is 2.60. The lowest BCUT2D eigenvalue weighted by Crippen LogP contribution is -2.29. The number of hydrogen-bond acceptors (Lipinski definition) is 4. The monoisotopic (exact) mass is 236 g/mol. The lowest BCUT2D eigenvalue weighted by atomic mass is 10.1. The van der Waals surface area contributed by atoms with Crippen molar-refractivity contribution in [2.24, 2.45) is 5.73 Å². The van der Waals surface area contributed by atoms with Gasteiger partial charge in [0.1, 0.15) is 6.04 Å². The van der Waals surface area contributed by atoms with Crippen LogP contribution in [0, 0.1) is 10.1 Å². The molecule has 6 nitrogen and oxygen atoms in total. The third-order valence-electron chi connectivity index (χ3n) is 2.12. The van der Waals surface area contributed by atoms with Gasteiger partial charge in [-0.1, -0.05) is 12.2 Å². The van der Waals surface area contributed by atoms with E-state index in [1.165, 1.54) is 12.1 Å². The van der Waals surface area contributed by atoms with Gasteiger partial charge in [0.15, 0.2) is 0 Å². The van der Waals surface area contributed by atoms with Crippen molar-refractivity contribution in [1.29, 1.82) is 0 Å². The lowest BCUT2D eigenvalue weighted by Gasteiger charge is -2.00. The molecule has 0 aliphatic carbocycles. The third kappa shape index (κ3) is 4.04. The summed E-state index contributed by atoms with van der Waals surface area (Å²) in [6.07, 6.45) is 3.51. The molecule has 90 valence electrons. The highest BCUT2D eigenvalue weighted by molar-refractivity contribution is 5.73. The van der Waals surface area contributed by atoms with Crippen LogP contribution >= 0.6 is 0 Å². The van der Waals surface area contributed by atoms with Crippen LogP contribution in [-0.2, 0) is 4.79 Å². The fraction of sp³-hybridized carbons (Fsp3) is 0.182. The number of nitro groups is 1. The number of nitro benzene ring substituents is 1. The summed E-state index contributed by atoms with van der Waals surface area (Å²) < 4.78 is 0. The summed E-state index contributed by atoms with van der Waals surface area (Å²) in [6, 6.07) is 5.01. The first-order valence-electron chi connectivity index (χ1n) is 4.90. The molecule has 0 radical (unpaired) electrons. The van der Waals surface area contributed by atoms with Gasteiger partial charge in [0.25, 0.3) is 5.69 Å². The first-order valence-corrected chi connectivity index (χ1v) is 4.90. The van der Waals surface area contributed by atoms with Crippen LogP contribution in [0.3, 0.4) is 0 Å². The molecule has 1 atom stereocenters. The van der Waals surface area contributed by atoms with Gasteiger partial charge in [-0.25, -0.2) is 0 Å². The molecule has 0 spiro atoms. The van der Waals surface area contributed by atoms with Crippen molar-refractivity contribution >= 4 is 17.7 Å². The molecule has 0 amide bonds. The highest BCUT2D eigenvalue weighted by atomic mass is 16.6. The number of nitrogens with two attached hydrogens (primary N) is 1. The van der Waals surface area contributed by atoms with Crippen LogP contribution in [0.4, 0.5) is 5.69 Å². The van der Waals surface area contributed by atoms with Gasteiger partial charge in [-0.3, -0.25) is 14.9 Å². The maximum atomic E-state index is 10.4. The average Bonchev–Trinajstić information content (AvgIpc) is 2.29. The maximum Gasteiger partial charge on any atom is 0.320 e. The van der Waals surface area contributed by atoms with E-state index in [1.807, 2.05) is 0 Å². The van der Waals surface area contributed by atoms with Crippen LogP contribution in [0.15, 0.2) is 30.3 Å². The SMILES string of the molecule is N[C@@H](C/C=C/c1ccc([N+](=O)[O-])cc1)C(=O)O. The van der Waals surface area contributed by atoms with E-state index in [9.17, 15) is 14.9 Å². The Hall–Kier alpha value is -2.21. The van der Waals surface area contributed by atoms with Gasteiger partial charge >= 0.3 is 5.97 Å². The van der Waals surface area contributed by atoms with Crippen LogP contribution in [0.1, 0.15) is 12.0 Å². The number of non-ortho nitro benzene ring substituents is 1. The van der Waals surface area contributed by atoms with Gasteiger partial charge in [-0.05, 0) is 24.1 Å². The quantitative estimate of drug-likeness (QED) is 0.593. The first-order chi connectivity index (χ1) is 8.00. The summed E-state index contributed by atoms with van der Waals surface area (Å²) in [5, 5.41) is 18.9. The van der Waals surface area contributed by atoms with Crippen LogP contribution in [0.25, 0.3) is 6.08 Å². The molecule has 1 aromatic rings. The molecule has 0 aliphatic rings. The molecule has 0 saturated heterocycles. The lowest BCUT2D eigenvalue weighted by molar-refractivity contribution is -0.384. The Morgan fingerprint density at radius 3 is 2.53 bits per heavy atom. The second-order valence-corrected chi connectivity index (χ2v) is 3.43. The molecule has 0 unspecified atom stereocenters. The summed E-state index contributed by atoms with van der Waals surface area (Å²) in [4.78, 5) is 20.3. The minimum atomic E-state index is -1.06. The van der Waals surface area contributed by atoms with Crippen LogP contribution in [0.5, 0.6) is 0 Å². The van der Waals surface area contributed by atoms with E-state index in [0.29, 0.717) is 0 Å². The van der Waals surface area contributed by atoms with E-state index in [1.54, 1.807) is 24.3 Å². The summed E-state index contributed by atoms with van der Waals surface area (Å²) in [5.41, 5.74) is 6.08. The molecule has 0 aromatic heterocycles. The van der Waals surface area contributed by atoms with E-state index in [-0.39, 0.29) is 12.1 Å². The second kappa shape index (κ2) is 5.76. The average molecular weight is 236 g/mol. The Morgan fingerprint density at radius 1 is 1.47 bits per heavy atom.